The molecule has 0 fully saturated rings. The van der Waals surface area contributed by atoms with Crippen molar-refractivity contribution in [3.8, 4) is 0 Å². The van der Waals surface area contributed by atoms with Gasteiger partial charge in [0.2, 0.25) is 5.60 Å². The van der Waals surface area contributed by atoms with Crippen molar-refractivity contribution < 1.29 is 27.1 Å². The lowest BCUT2D eigenvalue weighted by Crippen LogP contribution is -2.49. The molecule has 0 aliphatic heterocycles. The monoisotopic (exact) mass is 241 g/mol. The summed E-state index contributed by atoms with van der Waals surface area (Å²) in [6.07, 6.45) is -5.18. The van der Waals surface area contributed by atoms with E-state index in [1.165, 1.54) is 0 Å². The normalized spacial score (nSPS) is 15.9. The molecule has 7 heteroatoms. The minimum atomic E-state index is -5.18. The Morgan fingerprint density at radius 1 is 1.19 bits per heavy atom. The fraction of sp³-hybridized carbons (Fsp3) is 0.333. The maximum absolute atomic E-state index is 13.1. The number of aliphatic hydroxyl groups is 1. The molecule has 0 bridgehead atoms. The highest BCUT2D eigenvalue weighted by molar-refractivity contribution is 5.27. The highest BCUT2D eigenvalue weighted by atomic mass is 19.4. The predicted molar refractivity (Wildman–Crippen MR) is 45.4 cm³/mol. The van der Waals surface area contributed by atoms with Gasteiger partial charge in [-0.25, -0.2) is 8.78 Å². The zero-order valence-electron chi connectivity index (χ0n) is 7.85. The molecule has 0 aromatic heterocycles. The topological polar surface area (TPSA) is 46.2 Å². The molecule has 1 aromatic carbocycles. The van der Waals surface area contributed by atoms with Crippen molar-refractivity contribution >= 4 is 0 Å². The second-order valence-electron chi connectivity index (χ2n) is 3.16. The summed E-state index contributed by atoms with van der Waals surface area (Å²) in [5.74, 6) is -3.23. The third kappa shape index (κ3) is 1.88. The predicted octanol–water partition coefficient (Wildman–Crippen LogP) is 1.67. The molecule has 0 saturated heterocycles. The van der Waals surface area contributed by atoms with Crippen molar-refractivity contribution in [2.24, 2.45) is 5.73 Å². The van der Waals surface area contributed by atoms with Gasteiger partial charge in [-0.2, -0.15) is 13.2 Å². The van der Waals surface area contributed by atoms with Gasteiger partial charge in [-0.3, -0.25) is 0 Å². The lowest BCUT2D eigenvalue weighted by molar-refractivity contribution is -0.263. The van der Waals surface area contributed by atoms with Gasteiger partial charge in [0.15, 0.2) is 11.6 Å². The molecular weight excluding hydrogens is 233 g/mol. The number of nitrogens with two attached hydrogens (primary N) is 1. The third-order valence-electron chi connectivity index (χ3n) is 2.16. The van der Waals surface area contributed by atoms with Crippen molar-refractivity contribution in [2.45, 2.75) is 11.8 Å². The van der Waals surface area contributed by atoms with Crippen molar-refractivity contribution in [3.63, 3.8) is 0 Å². The molecule has 0 aliphatic rings. The standard InChI is InChI=1S/C9H8F5NO/c10-6-3-1-2-5(7(6)11)8(16,4-15)9(12,13)14/h1-3,16H,4,15H2. The molecule has 90 valence electrons. The fourth-order valence-electron chi connectivity index (χ4n) is 1.20. The molecule has 1 atom stereocenters. The number of benzene rings is 1. The molecule has 0 aliphatic carbocycles. The highest BCUT2D eigenvalue weighted by Gasteiger charge is 2.55. The summed E-state index contributed by atoms with van der Waals surface area (Å²) < 4.78 is 63.3. The second kappa shape index (κ2) is 3.99. The van der Waals surface area contributed by atoms with E-state index < -0.39 is 35.5 Å². The average molecular weight is 241 g/mol. The largest absolute Gasteiger partial charge is 0.422 e. The van der Waals surface area contributed by atoms with E-state index in [-0.39, 0.29) is 0 Å². The Hall–Kier alpha value is -1.21. The maximum atomic E-state index is 13.1. The zero-order valence-corrected chi connectivity index (χ0v) is 7.85. The molecular formula is C9H8F5NO. The van der Waals surface area contributed by atoms with Crippen molar-refractivity contribution in [1.82, 2.24) is 0 Å². The Morgan fingerprint density at radius 2 is 1.75 bits per heavy atom. The van der Waals surface area contributed by atoms with Gasteiger partial charge in [-0.1, -0.05) is 12.1 Å². The van der Waals surface area contributed by atoms with Gasteiger partial charge in [-0.05, 0) is 6.07 Å². The van der Waals surface area contributed by atoms with Gasteiger partial charge in [0.25, 0.3) is 0 Å². The van der Waals surface area contributed by atoms with Crippen molar-refractivity contribution in [3.05, 3.63) is 35.4 Å². The van der Waals surface area contributed by atoms with Gasteiger partial charge >= 0.3 is 6.18 Å². The Labute approximate surface area is 87.5 Å². The molecule has 1 rings (SSSR count). The molecule has 0 saturated carbocycles. The minimum absolute atomic E-state index is 0.638. The Balaban J connectivity index is 3.40. The Kier molecular flexibility index (Phi) is 3.20. The van der Waals surface area contributed by atoms with Crippen LogP contribution in [-0.2, 0) is 5.60 Å². The molecule has 0 amide bonds. The van der Waals surface area contributed by atoms with Crippen LogP contribution in [0.2, 0.25) is 0 Å². The van der Waals surface area contributed by atoms with Crippen LogP contribution in [-0.4, -0.2) is 17.8 Å². The first-order valence-electron chi connectivity index (χ1n) is 4.17. The van der Waals surface area contributed by atoms with E-state index in [4.69, 9.17) is 5.73 Å². The zero-order chi connectivity index (χ0) is 12.6. The highest BCUT2D eigenvalue weighted by Crippen LogP contribution is 2.39. The first kappa shape index (κ1) is 12.9. The summed E-state index contributed by atoms with van der Waals surface area (Å²) in [5, 5.41) is 9.28. The summed E-state index contributed by atoms with van der Waals surface area (Å²) in [6, 6.07) is 2.14. The molecule has 0 spiro atoms. The molecule has 1 aromatic rings. The first-order valence-corrected chi connectivity index (χ1v) is 4.17. The second-order valence-corrected chi connectivity index (χ2v) is 3.16. The quantitative estimate of drug-likeness (QED) is 0.774. The van der Waals surface area contributed by atoms with E-state index in [0.29, 0.717) is 12.1 Å². The van der Waals surface area contributed by atoms with E-state index in [1.807, 2.05) is 0 Å². The summed E-state index contributed by atoms with van der Waals surface area (Å²) in [6.45, 7) is -1.29. The first-order chi connectivity index (χ1) is 7.24. The lowest BCUT2D eigenvalue weighted by Gasteiger charge is -2.29. The molecule has 2 nitrogen and oxygen atoms in total. The third-order valence-corrected chi connectivity index (χ3v) is 2.16. The van der Waals surface area contributed by atoms with Crippen LogP contribution in [0.25, 0.3) is 0 Å². The van der Waals surface area contributed by atoms with E-state index in [2.05, 4.69) is 0 Å². The van der Waals surface area contributed by atoms with Gasteiger partial charge in [-0.15, -0.1) is 0 Å². The smallest absolute Gasteiger partial charge is 0.375 e. The van der Waals surface area contributed by atoms with Gasteiger partial charge < -0.3 is 10.8 Å². The van der Waals surface area contributed by atoms with Crippen LogP contribution in [0.1, 0.15) is 5.56 Å². The molecule has 3 N–H and O–H groups in total. The van der Waals surface area contributed by atoms with Crippen LogP contribution < -0.4 is 5.73 Å². The Bertz CT molecular complexity index is 392. The SMILES string of the molecule is NCC(O)(c1cccc(F)c1F)C(F)(F)F. The van der Waals surface area contributed by atoms with E-state index in [0.717, 1.165) is 6.07 Å². The van der Waals surface area contributed by atoms with Gasteiger partial charge in [0, 0.05) is 12.1 Å². The molecule has 0 heterocycles. The van der Waals surface area contributed by atoms with Crippen LogP contribution in [0.15, 0.2) is 18.2 Å². The van der Waals surface area contributed by atoms with Crippen molar-refractivity contribution in [1.29, 1.82) is 0 Å². The Morgan fingerprint density at radius 3 is 2.19 bits per heavy atom. The number of hydrogen-bond acceptors (Lipinski definition) is 2. The molecule has 16 heavy (non-hydrogen) atoms. The summed E-state index contributed by atoms with van der Waals surface area (Å²) in [7, 11) is 0. The number of alkyl halides is 3. The average Bonchev–Trinajstić information content (AvgIpc) is 2.19. The van der Waals surface area contributed by atoms with Gasteiger partial charge in [0.1, 0.15) is 0 Å². The molecule has 0 radical (unpaired) electrons. The summed E-state index contributed by atoms with van der Waals surface area (Å²) >= 11 is 0. The van der Waals surface area contributed by atoms with Crippen LogP contribution in [0, 0.1) is 11.6 Å². The van der Waals surface area contributed by atoms with Gasteiger partial charge in [0.05, 0.1) is 0 Å². The minimum Gasteiger partial charge on any atom is -0.375 e. The van der Waals surface area contributed by atoms with Crippen LogP contribution in [0.3, 0.4) is 0 Å². The number of halogens is 5. The number of hydrogen-bond donors (Lipinski definition) is 2. The number of rotatable bonds is 2. The van der Waals surface area contributed by atoms with E-state index in [1.54, 1.807) is 0 Å². The van der Waals surface area contributed by atoms with Crippen LogP contribution >= 0.6 is 0 Å². The molecule has 1 unspecified atom stereocenters. The van der Waals surface area contributed by atoms with Crippen LogP contribution in [0.4, 0.5) is 22.0 Å². The fourth-order valence-corrected chi connectivity index (χ4v) is 1.20. The maximum Gasteiger partial charge on any atom is 0.422 e. The van der Waals surface area contributed by atoms with Crippen molar-refractivity contribution in [2.75, 3.05) is 6.54 Å². The lowest BCUT2D eigenvalue weighted by atomic mass is 9.92. The van der Waals surface area contributed by atoms with Crippen LogP contribution in [0.5, 0.6) is 0 Å². The van der Waals surface area contributed by atoms with E-state index >= 15 is 0 Å². The summed E-state index contributed by atoms with van der Waals surface area (Å²) in [4.78, 5) is 0. The van der Waals surface area contributed by atoms with E-state index in [9.17, 15) is 27.1 Å². The summed E-state index contributed by atoms with van der Waals surface area (Å²) in [5.41, 5.74) is -0.0190.